The van der Waals surface area contributed by atoms with Gasteiger partial charge in [-0.25, -0.2) is 0 Å². The average Bonchev–Trinajstić information content (AvgIpc) is 2.96. The lowest BCUT2D eigenvalue weighted by Gasteiger charge is -2.43. The van der Waals surface area contributed by atoms with E-state index < -0.39 is 0 Å². The van der Waals surface area contributed by atoms with E-state index in [2.05, 4.69) is 26.1 Å². The number of thiophene rings is 1. The first-order chi connectivity index (χ1) is 8.43. The van der Waals surface area contributed by atoms with Crippen LogP contribution in [0.5, 0.6) is 0 Å². The number of hydrogen-bond donors (Lipinski definition) is 1. The Morgan fingerprint density at radius 1 is 1.44 bits per heavy atom. The van der Waals surface area contributed by atoms with Gasteiger partial charge < -0.3 is 5.32 Å². The molecule has 2 saturated carbocycles. The Labute approximate surface area is 113 Å². The molecule has 1 heterocycles. The Hall–Kier alpha value is -0.830. The van der Waals surface area contributed by atoms with E-state index in [4.69, 9.17) is 0 Å². The summed E-state index contributed by atoms with van der Waals surface area (Å²) in [6, 6.07) is 4.16. The van der Waals surface area contributed by atoms with Crippen molar-refractivity contribution in [3.8, 4) is 0 Å². The molecule has 1 amide bonds. The zero-order valence-electron chi connectivity index (χ0n) is 11.3. The van der Waals surface area contributed by atoms with Crippen molar-refractivity contribution in [1.29, 1.82) is 0 Å². The van der Waals surface area contributed by atoms with Gasteiger partial charge in [0.1, 0.15) is 0 Å². The topological polar surface area (TPSA) is 29.1 Å². The van der Waals surface area contributed by atoms with Crippen LogP contribution in [0.3, 0.4) is 0 Å². The highest BCUT2D eigenvalue weighted by atomic mass is 32.1. The summed E-state index contributed by atoms with van der Waals surface area (Å²) >= 11 is 1.52. The highest BCUT2D eigenvalue weighted by molar-refractivity contribution is 7.12. The zero-order chi connectivity index (χ0) is 13.0. The fraction of sp³-hybridized carbons (Fsp3) is 0.667. The number of fused-ring (bicyclic) bond motifs is 2. The first-order valence-corrected chi connectivity index (χ1v) is 7.66. The van der Waals surface area contributed by atoms with E-state index >= 15 is 0 Å². The smallest absolute Gasteiger partial charge is 0.261 e. The summed E-state index contributed by atoms with van der Waals surface area (Å²) in [6.07, 6.45) is 3.86. The highest BCUT2D eigenvalue weighted by Crippen LogP contribution is 2.62. The van der Waals surface area contributed by atoms with E-state index in [1.807, 2.05) is 17.5 Å². The monoisotopic (exact) mass is 263 g/mol. The third-order valence-corrected chi connectivity index (χ3v) is 6.16. The summed E-state index contributed by atoms with van der Waals surface area (Å²) in [6.45, 7) is 6.99. The van der Waals surface area contributed by atoms with Crippen molar-refractivity contribution in [3.63, 3.8) is 0 Å². The van der Waals surface area contributed by atoms with Gasteiger partial charge in [-0.3, -0.25) is 4.79 Å². The minimum atomic E-state index is 0.108. The molecular formula is C15H21NOS. The second-order valence-electron chi connectivity index (χ2n) is 6.80. The molecule has 2 nitrogen and oxygen atoms in total. The molecule has 18 heavy (non-hydrogen) atoms. The fourth-order valence-electron chi connectivity index (χ4n) is 4.27. The van der Waals surface area contributed by atoms with Gasteiger partial charge in [-0.2, -0.15) is 0 Å². The van der Waals surface area contributed by atoms with Crippen molar-refractivity contribution in [2.75, 3.05) is 0 Å². The van der Waals surface area contributed by atoms with Gasteiger partial charge in [-0.05, 0) is 47.5 Å². The molecule has 1 aromatic rings. The third kappa shape index (κ3) is 1.63. The normalized spacial score (nSPS) is 36.8. The average molecular weight is 263 g/mol. The van der Waals surface area contributed by atoms with Crippen molar-refractivity contribution in [2.45, 2.75) is 46.1 Å². The molecule has 0 radical (unpaired) electrons. The van der Waals surface area contributed by atoms with Gasteiger partial charge in [0.25, 0.3) is 5.91 Å². The van der Waals surface area contributed by atoms with Gasteiger partial charge in [-0.15, -0.1) is 11.3 Å². The summed E-state index contributed by atoms with van der Waals surface area (Å²) in [5, 5.41) is 5.28. The lowest BCUT2D eigenvalue weighted by Crippen LogP contribution is -2.52. The van der Waals surface area contributed by atoms with Gasteiger partial charge in [0.2, 0.25) is 0 Å². The minimum absolute atomic E-state index is 0.108. The molecule has 2 bridgehead atoms. The number of amides is 1. The van der Waals surface area contributed by atoms with Crippen LogP contribution >= 0.6 is 11.3 Å². The molecule has 2 aliphatic carbocycles. The molecule has 0 unspecified atom stereocenters. The maximum atomic E-state index is 12.3. The number of hydrogen-bond acceptors (Lipinski definition) is 2. The molecule has 3 heteroatoms. The Bertz CT molecular complexity index is 460. The molecule has 98 valence electrons. The SMILES string of the molecule is CC1(C)[C@H]2CC[C@](C)(C2)[C@@H]1NC(=O)c1cccs1. The molecule has 2 fully saturated rings. The number of carbonyl (C=O) groups is 1. The van der Waals surface area contributed by atoms with Crippen LogP contribution in [0.15, 0.2) is 17.5 Å². The fourth-order valence-corrected chi connectivity index (χ4v) is 4.90. The summed E-state index contributed by atoms with van der Waals surface area (Å²) in [7, 11) is 0. The zero-order valence-corrected chi connectivity index (χ0v) is 12.1. The van der Waals surface area contributed by atoms with E-state index in [1.54, 1.807) is 0 Å². The van der Waals surface area contributed by atoms with Gasteiger partial charge in [-0.1, -0.05) is 26.8 Å². The van der Waals surface area contributed by atoms with Crippen LogP contribution in [0.25, 0.3) is 0 Å². The number of rotatable bonds is 2. The van der Waals surface area contributed by atoms with Crippen molar-refractivity contribution in [2.24, 2.45) is 16.7 Å². The highest BCUT2D eigenvalue weighted by Gasteiger charge is 2.59. The number of nitrogens with one attached hydrogen (secondary N) is 1. The third-order valence-electron chi connectivity index (χ3n) is 5.29. The van der Waals surface area contributed by atoms with Gasteiger partial charge in [0, 0.05) is 6.04 Å². The Balaban J connectivity index is 1.82. The van der Waals surface area contributed by atoms with Crippen LogP contribution in [0.4, 0.5) is 0 Å². The van der Waals surface area contributed by atoms with Gasteiger partial charge in [0.05, 0.1) is 4.88 Å². The van der Waals surface area contributed by atoms with Crippen molar-refractivity contribution in [1.82, 2.24) is 5.32 Å². The standard InChI is InChI=1S/C15H21NOS/c1-14(2)10-6-7-15(3,9-10)13(14)16-12(17)11-5-4-8-18-11/h4-5,8,10,13H,6-7,9H2,1-3H3,(H,16,17)/t10-,13+,15+/m0/s1. The van der Waals surface area contributed by atoms with Crippen molar-refractivity contribution in [3.05, 3.63) is 22.4 Å². The molecule has 3 atom stereocenters. The first kappa shape index (κ1) is 12.2. The van der Waals surface area contributed by atoms with Gasteiger partial charge in [0.15, 0.2) is 0 Å². The van der Waals surface area contributed by atoms with E-state index in [9.17, 15) is 4.79 Å². The Kier molecular flexibility index (Phi) is 2.60. The van der Waals surface area contributed by atoms with Crippen LogP contribution in [0.1, 0.15) is 49.7 Å². The molecule has 0 aromatic carbocycles. The van der Waals surface area contributed by atoms with Crippen molar-refractivity contribution >= 4 is 17.2 Å². The first-order valence-electron chi connectivity index (χ1n) is 6.78. The molecule has 1 N–H and O–H groups in total. The van der Waals surface area contributed by atoms with Crippen molar-refractivity contribution < 1.29 is 4.79 Å². The molecule has 0 aliphatic heterocycles. The second kappa shape index (κ2) is 3.83. The van der Waals surface area contributed by atoms with Gasteiger partial charge >= 0.3 is 0 Å². The molecular weight excluding hydrogens is 242 g/mol. The maximum Gasteiger partial charge on any atom is 0.261 e. The van der Waals surface area contributed by atoms with E-state index in [1.165, 1.54) is 30.6 Å². The van der Waals surface area contributed by atoms with E-state index in [-0.39, 0.29) is 11.3 Å². The van der Waals surface area contributed by atoms with Crippen LogP contribution in [0, 0.1) is 16.7 Å². The predicted molar refractivity (Wildman–Crippen MR) is 74.8 cm³/mol. The summed E-state index contributed by atoms with van der Waals surface area (Å²) in [5.41, 5.74) is 0.543. The van der Waals surface area contributed by atoms with Crippen LogP contribution in [-0.2, 0) is 0 Å². The Morgan fingerprint density at radius 2 is 2.22 bits per heavy atom. The molecule has 1 aromatic heterocycles. The largest absolute Gasteiger partial charge is 0.348 e. The minimum Gasteiger partial charge on any atom is -0.348 e. The molecule has 3 rings (SSSR count). The maximum absolute atomic E-state index is 12.3. The second-order valence-corrected chi connectivity index (χ2v) is 7.75. The van der Waals surface area contributed by atoms with E-state index in [0.717, 1.165) is 10.8 Å². The molecule has 0 saturated heterocycles. The van der Waals surface area contributed by atoms with Crippen LogP contribution in [-0.4, -0.2) is 11.9 Å². The lowest BCUT2D eigenvalue weighted by molar-refractivity contribution is 0.0741. The quantitative estimate of drug-likeness (QED) is 0.866. The Morgan fingerprint density at radius 3 is 2.78 bits per heavy atom. The summed E-state index contributed by atoms with van der Waals surface area (Å²) < 4.78 is 0. The summed E-state index contributed by atoms with van der Waals surface area (Å²) in [5.74, 6) is 0.882. The molecule has 0 spiro atoms. The number of carbonyl (C=O) groups excluding carboxylic acids is 1. The molecule has 2 aliphatic rings. The van der Waals surface area contributed by atoms with E-state index in [0.29, 0.717) is 11.5 Å². The van der Waals surface area contributed by atoms with Crippen LogP contribution < -0.4 is 5.32 Å². The lowest BCUT2D eigenvalue weighted by atomic mass is 9.68. The summed E-state index contributed by atoms with van der Waals surface area (Å²) in [4.78, 5) is 13.1. The predicted octanol–water partition coefficient (Wildman–Crippen LogP) is 3.69. The van der Waals surface area contributed by atoms with Crippen LogP contribution in [0.2, 0.25) is 0 Å².